The third kappa shape index (κ3) is 3.92. The molecule has 3 nitrogen and oxygen atoms in total. The summed E-state index contributed by atoms with van der Waals surface area (Å²) >= 11 is 0. The maximum absolute atomic E-state index is 12.6. The molecule has 0 aromatic rings. The van der Waals surface area contributed by atoms with Crippen LogP contribution in [-0.4, -0.2) is 22.8 Å². The molecule has 156 valence electrons. The topological polar surface area (TPSA) is 54.4 Å². The Hall–Kier alpha value is -1.22. The first kappa shape index (κ1) is 21.5. The molecular formula is C25H38O3. The van der Waals surface area contributed by atoms with Gasteiger partial charge in [-0.1, -0.05) is 31.6 Å². The Labute approximate surface area is 170 Å². The Morgan fingerprint density at radius 1 is 1.36 bits per heavy atom. The maximum Gasteiger partial charge on any atom is 0.145 e. The second-order valence-electron chi connectivity index (χ2n) is 10.6. The summed E-state index contributed by atoms with van der Waals surface area (Å²) < 4.78 is 0. The van der Waals surface area contributed by atoms with Crippen molar-refractivity contribution in [3.63, 3.8) is 0 Å². The zero-order valence-corrected chi connectivity index (χ0v) is 18.3. The standard InChI is InChI=1S/C25H38O3/c1-16(15-26)7-6-8-17(2)19-11-12-24(4)13-21-23(18(3)9-10-20(19)24)22(27)14-25(21,5)28/h7,9,15,17,19-21,23,28H,6,8,10-14H2,1-5H3. The Kier molecular flexibility index (Phi) is 6.06. The van der Waals surface area contributed by atoms with E-state index in [-0.39, 0.29) is 23.0 Å². The molecule has 0 aromatic carbocycles. The first-order valence-corrected chi connectivity index (χ1v) is 11.1. The third-order valence-corrected chi connectivity index (χ3v) is 8.42. The smallest absolute Gasteiger partial charge is 0.145 e. The van der Waals surface area contributed by atoms with Gasteiger partial charge < -0.3 is 5.11 Å². The minimum absolute atomic E-state index is 0.0521. The molecule has 0 heterocycles. The van der Waals surface area contributed by atoms with Crippen molar-refractivity contribution in [2.24, 2.45) is 35.0 Å². The van der Waals surface area contributed by atoms with Crippen LogP contribution in [-0.2, 0) is 9.59 Å². The number of ketones is 1. The molecule has 0 bridgehead atoms. The Morgan fingerprint density at radius 2 is 2.07 bits per heavy atom. The van der Waals surface area contributed by atoms with Crippen LogP contribution >= 0.6 is 0 Å². The van der Waals surface area contributed by atoms with Crippen LogP contribution in [0.25, 0.3) is 0 Å². The van der Waals surface area contributed by atoms with Gasteiger partial charge in [0.2, 0.25) is 0 Å². The van der Waals surface area contributed by atoms with Crippen LogP contribution in [0.3, 0.4) is 0 Å². The zero-order valence-electron chi connectivity index (χ0n) is 18.3. The van der Waals surface area contributed by atoms with Gasteiger partial charge in [-0.15, -0.1) is 0 Å². The molecule has 0 aliphatic heterocycles. The van der Waals surface area contributed by atoms with Crippen molar-refractivity contribution in [2.75, 3.05) is 0 Å². The van der Waals surface area contributed by atoms with E-state index in [2.05, 4.69) is 32.9 Å². The Morgan fingerprint density at radius 3 is 2.75 bits per heavy atom. The first-order valence-electron chi connectivity index (χ1n) is 11.1. The van der Waals surface area contributed by atoms with Gasteiger partial charge in [0, 0.05) is 18.3 Å². The van der Waals surface area contributed by atoms with E-state index in [0.717, 1.165) is 37.5 Å². The summed E-state index contributed by atoms with van der Waals surface area (Å²) in [5.41, 5.74) is 1.33. The second kappa shape index (κ2) is 7.89. The predicted molar refractivity (Wildman–Crippen MR) is 113 cm³/mol. The number of allylic oxidation sites excluding steroid dienone is 4. The number of Topliss-reactive ketones (excluding diaryl/α,β-unsaturated/α-hetero) is 1. The van der Waals surface area contributed by atoms with E-state index in [1.165, 1.54) is 18.4 Å². The van der Waals surface area contributed by atoms with Crippen molar-refractivity contribution in [2.45, 2.75) is 85.2 Å². The number of carbonyl (C=O) groups is 2. The van der Waals surface area contributed by atoms with E-state index in [1.54, 1.807) is 0 Å². The fourth-order valence-electron chi connectivity index (χ4n) is 6.66. The molecule has 3 heteroatoms. The monoisotopic (exact) mass is 386 g/mol. The van der Waals surface area contributed by atoms with Gasteiger partial charge in [0.15, 0.2) is 0 Å². The molecule has 0 amide bonds. The summed E-state index contributed by atoms with van der Waals surface area (Å²) in [6, 6.07) is 0. The van der Waals surface area contributed by atoms with Crippen LogP contribution in [0.15, 0.2) is 23.3 Å². The molecule has 2 saturated carbocycles. The highest BCUT2D eigenvalue weighted by molar-refractivity contribution is 5.87. The van der Waals surface area contributed by atoms with E-state index in [4.69, 9.17) is 0 Å². The summed E-state index contributed by atoms with van der Waals surface area (Å²) in [7, 11) is 0. The maximum atomic E-state index is 12.6. The fourth-order valence-corrected chi connectivity index (χ4v) is 6.66. The van der Waals surface area contributed by atoms with Gasteiger partial charge >= 0.3 is 0 Å². The third-order valence-electron chi connectivity index (χ3n) is 8.42. The number of carbonyl (C=O) groups excluding carboxylic acids is 2. The number of aldehydes is 1. The van der Waals surface area contributed by atoms with Crippen LogP contribution in [0.2, 0.25) is 0 Å². The lowest BCUT2D eigenvalue weighted by Crippen LogP contribution is -2.40. The number of hydrogen-bond donors (Lipinski definition) is 1. The molecular weight excluding hydrogens is 348 g/mol. The minimum atomic E-state index is -0.872. The van der Waals surface area contributed by atoms with Gasteiger partial charge in [-0.05, 0) is 88.0 Å². The molecule has 28 heavy (non-hydrogen) atoms. The molecule has 1 N–H and O–H groups in total. The number of rotatable bonds is 5. The number of aliphatic hydroxyl groups is 1. The van der Waals surface area contributed by atoms with Crippen molar-refractivity contribution in [1.29, 1.82) is 0 Å². The highest BCUT2D eigenvalue weighted by Crippen LogP contribution is 2.59. The minimum Gasteiger partial charge on any atom is -0.389 e. The van der Waals surface area contributed by atoms with E-state index < -0.39 is 5.60 Å². The van der Waals surface area contributed by atoms with Crippen LogP contribution < -0.4 is 0 Å². The van der Waals surface area contributed by atoms with Crippen molar-refractivity contribution in [3.05, 3.63) is 23.3 Å². The molecule has 2 fully saturated rings. The highest BCUT2D eigenvalue weighted by Gasteiger charge is 2.56. The molecule has 3 aliphatic carbocycles. The van der Waals surface area contributed by atoms with Crippen molar-refractivity contribution >= 4 is 12.1 Å². The van der Waals surface area contributed by atoms with E-state index in [1.807, 2.05) is 13.8 Å². The highest BCUT2D eigenvalue weighted by atomic mass is 16.3. The quantitative estimate of drug-likeness (QED) is 0.397. The lowest BCUT2D eigenvalue weighted by molar-refractivity contribution is -0.120. The van der Waals surface area contributed by atoms with Crippen molar-refractivity contribution in [1.82, 2.24) is 0 Å². The molecule has 0 spiro atoms. The van der Waals surface area contributed by atoms with Gasteiger partial charge in [0.05, 0.1) is 5.60 Å². The summed E-state index contributed by atoms with van der Waals surface area (Å²) in [5, 5.41) is 11.0. The zero-order chi connectivity index (χ0) is 20.7. The summed E-state index contributed by atoms with van der Waals surface area (Å²) in [4.78, 5) is 23.5. The number of hydrogen-bond acceptors (Lipinski definition) is 3. The fraction of sp³-hybridized carbons (Fsp3) is 0.760. The molecule has 7 atom stereocenters. The van der Waals surface area contributed by atoms with Crippen LogP contribution in [0.1, 0.15) is 79.6 Å². The van der Waals surface area contributed by atoms with Gasteiger partial charge in [-0.25, -0.2) is 0 Å². The van der Waals surface area contributed by atoms with Gasteiger partial charge in [-0.3, -0.25) is 9.59 Å². The average Bonchev–Trinajstić information content (AvgIpc) is 3.04. The van der Waals surface area contributed by atoms with Gasteiger partial charge in [0.1, 0.15) is 12.1 Å². The first-order chi connectivity index (χ1) is 13.1. The predicted octanol–water partition coefficient (Wildman–Crippen LogP) is 5.28. The van der Waals surface area contributed by atoms with Gasteiger partial charge in [-0.2, -0.15) is 0 Å². The Balaban J connectivity index is 1.80. The summed E-state index contributed by atoms with van der Waals surface area (Å²) in [6.45, 7) is 10.6. The molecule has 0 aromatic heterocycles. The van der Waals surface area contributed by atoms with Gasteiger partial charge in [0.25, 0.3) is 0 Å². The lowest BCUT2D eigenvalue weighted by atomic mass is 9.62. The summed E-state index contributed by atoms with van der Waals surface area (Å²) in [5.74, 6) is 2.11. The molecule has 0 saturated heterocycles. The van der Waals surface area contributed by atoms with E-state index in [9.17, 15) is 14.7 Å². The molecule has 3 aliphatic rings. The van der Waals surface area contributed by atoms with E-state index >= 15 is 0 Å². The van der Waals surface area contributed by atoms with Crippen molar-refractivity contribution in [3.8, 4) is 0 Å². The van der Waals surface area contributed by atoms with Crippen molar-refractivity contribution < 1.29 is 14.7 Å². The molecule has 7 unspecified atom stereocenters. The lowest BCUT2D eigenvalue weighted by Gasteiger charge is -2.43. The SMILES string of the molecule is CC(C=O)=CCCC(C)C1CCC2(C)CC3C(C(=O)CC3(C)O)C(C)=CCC12. The summed E-state index contributed by atoms with van der Waals surface area (Å²) in [6.07, 6.45) is 12.1. The largest absolute Gasteiger partial charge is 0.389 e. The van der Waals surface area contributed by atoms with E-state index in [0.29, 0.717) is 24.2 Å². The average molecular weight is 387 g/mol. The Bertz CT molecular complexity index is 686. The number of fused-ring (bicyclic) bond motifs is 2. The molecule has 3 rings (SSSR count). The normalized spacial score (nSPS) is 42.3. The van der Waals surface area contributed by atoms with Crippen LogP contribution in [0, 0.1) is 35.0 Å². The second-order valence-corrected chi connectivity index (χ2v) is 10.6. The molecule has 0 radical (unpaired) electrons. The van der Waals surface area contributed by atoms with Crippen LogP contribution in [0.5, 0.6) is 0 Å². The van der Waals surface area contributed by atoms with Crippen LogP contribution in [0.4, 0.5) is 0 Å².